The molecule has 0 aliphatic heterocycles. The number of likely N-dealkylation sites (N-methyl/N-ethyl adjacent to an activating group) is 1. The third-order valence-corrected chi connectivity index (χ3v) is 3.17. The number of amides is 3. The van der Waals surface area contributed by atoms with Crippen molar-refractivity contribution in [1.82, 2.24) is 10.2 Å². The summed E-state index contributed by atoms with van der Waals surface area (Å²) in [5.74, 6) is 0.490. The van der Waals surface area contributed by atoms with E-state index in [-0.39, 0.29) is 17.9 Å². The molecule has 22 heavy (non-hydrogen) atoms. The van der Waals surface area contributed by atoms with E-state index in [4.69, 9.17) is 10.5 Å². The third kappa shape index (κ3) is 6.03. The molecular formula is C16H25N3O3. The van der Waals surface area contributed by atoms with E-state index in [1.807, 2.05) is 24.3 Å². The minimum absolute atomic E-state index is 0.0599. The minimum atomic E-state index is -0.634. The zero-order valence-electron chi connectivity index (χ0n) is 13.7. The fourth-order valence-electron chi connectivity index (χ4n) is 1.76. The lowest BCUT2D eigenvalue weighted by atomic mass is 9.87. The third-order valence-electron chi connectivity index (χ3n) is 3.17. The molecule has 0 saturated heterocycles. The maximum atomic E-state index is 11.5. The Hall–Kier alpha value is -2.24. The SMILES string of the molecule is CN(CC(=O)NCCOc1ccc(C(C)(C)C)cc1)C(N)=O. The van der Waals surface area contributed by atoms with E-state index >= 15 is 0 Å². The van der Waals surface area contributed by atoms with Gasteiger partial charge in [-0.2, -0.15) is 0 Å². The summed E-state index contributed by atoms with van der Waals surface area (Å²) in [6.07, 6.45) is 0. The van der Waals surface area contributed by atoms with Gasteiger partial charge in [-0.25, -0.2) is 4.79 Å². The number of benzene rings is 1. The van der Waals surface area contributed by atoms with Crippen LogP contribution in [0.25, 0.3) is 0 Å². The van der Waals surface area contributed by atoms with E-state index in [2.05, 4.69) is 26.1 Å². The standard InChI is InChI=1S/C16H25N3O3/c1-16(2,3)12-5-7-13(8-6-12)22-10-9-18-14(20)11-19(4)15(17)21/h5-8H,9-11H2,1-4H3,(H2,17,21)(H,18,20). The molecule has 0 bridgehead atoms. The Morgan fingerprint density at radius 3 is 2.32 bits per heavy atom. The number of ether oxygens (including phenoxy) is 1. The first-order valence-electron chi connectivity index (χ1n) is 7.21. The fourth-order valence-corrected chi connectivity index (χ4v) is 1.76. The van der Waals surface area contributed by atoms with Crippen molar-refractivity contribution in [1.29, 1.82) is 0 Å². The summed E-state index contributed by atoms with van der Waals surface area (Å²) < 4.78 is 5.56. The maximum absolute atomic E-state index is 11.5. The first-order chi connectivity index (χ1) is 10.2. The van der Waals surface area contributed by atoms with Crippen LogP contribution in [-0.4, -0.2) is 43.6 Å². The van der Waals surface area contributed by atoms with Crippen LogP contribution in [0.15, 0.2) is 24.3 Å². The van der Waals surface area contributed by atoms with Gasteiger partial charge in [0.1, 0.15) is 18.9 Å². The Morgan fingerprint density at radius 2 is 1.82 bits per heavy atom. The first kappa shape index (κ1) is 17.8. The summed E-state index contributed by atoms with van der Waals surface area (Å²) in [6, 6.07) is 7.28. The molecule has 3 N–H and O–H groups in total. The molecule has 6 nitrogen and oxygen atoms in total. The molecule has 0 fully saturated rings. The van der Waals surface area contributed by atoms with Gasteiger partial charge in [-0.15, -0.1) is 0 Å². The predicted octanol–water partition coefficient (Wildman–Crippen LogP) is 1.49. The van der Waals surface area contributed by atoms with Gasteiger partial charge in [0.25, 0.3) is 0 Å². The van der Waals surface area contributed by atoms with Crippen LogP contribution in [0.1, 0.15) is 26.3 Å². The number of urea groups is 1. The van der Waals surface area contributed by atoms with Crippen LogP contribution >= 0.6 is 0 Å². The summed E-state index contributed by atoms with van der Waals surface area (Å²) >= 11 is 0. The highest BCUT2D eigenvalue weighted by Gasteiger charge is 2.13. The van der Waals surface area contributed by atoms with Crippen LogP contribution in [0.5, 0.6) is 5.75 Å². The van der Waals surface area contributed by atoms with Crippen LogP contribution in [0.4, 0.5) is 4.79 Å². The second-order valence-corrected chi connectivity index (χ2v) is 6.17. The van der Waals surface area contributed by atoms with Crippen LogP contribution in [0.3, 0.4) is 0 Å². The smallest absolute Gasteiger partial charge is 0.314 e. The predicted molar refractivity (Wildman–Crippen MR) is 85.9 cm³/mol. The first-order valence-corrected chi connectivity index (χ1v) is 7.21. The lowest BCUT2D eigenvalue weighted by Gasteiger charge is -2.19. The van der Waals surface area contributed by atoms with Gasteiger partial charge in [0.2, 0.25) is 5.91 Å². The summed E-state index contributed by atoms with van der Waals surface area (Å²) in [5.41, 5.74) is 6.39. The van der Waals surface area contributed by atoms with E-state index in [9.17, 15) is 9.59 Å². The fraction of sp³-hybridized carbons (Fsp3) is 0.500. The Labute approximate surface area is 131 Å². The van der Waals surface area contributed by atoms with Gasteiger partial charge in [-0.1, -0.05) is 32.9 Å². The number of hydrogen-bond donors (Lipinski definition) is 2. The highest BCUT2D eigenvalue weighted by Crippen LogP contribution is 2.24. The molecular weight excluding hydrogens is 282 g/mol. The summed E-state index contributed by atoms with van der Waals surface area (Å²) in [4.78, 5) is 23.4. The van der Waals surface area contributed by atoms with E-state index in [1.165, 1.54) is 12.6 Å². The van der Waals surface area contributed by atoms with Crippen molar-refractivity contribution < 1.29 is 14.3 Å². The number of hydrogen-bond acceptors (Lipinski definition) is 3. The molecule has 0 atom stereocenters. The zero-order chi connectivity index (χ0) is 16.8. The zero-order valence-corrected chi connectivity index (χ0v) is 13.7. The van der Waals surface area contributed by atoms with Crippen molar-refractivity contribution in [2.45, 2.75) is 26.2 Å². The van der Waals surface area contributed by atoms with Crippen LogP contribution < -0.4 is 15.8 Å². The Bertz CT molecular complexity index is 506. The topological polar surface area (TPSA) is 84.7 Å². The van der Waals surface area contributed by atoms with Crippen LogP contribution in [-0.2, 0) is 10.2 Å². The highest BCUT2D eigenvalue weighted by molar-refractivity contribution is 5.83. The van der Waals surface area contributed by atoms with Gasteiger partial charge in [-0.3, -0.25) is 4.79 Å². The molecule has 3 amide bonds. The van der Waals surface area contributed by atoms with E-state index in [1.54, 1.807) is 0 Å². The number of carbonyl (C=O) groups is 2. The molecule has 0 saturated carbocycles. The van der Waals surface area contributed by atoms with Gasteiger partial charge >= 0.3 is 6.03 Å². The molecule has 1 rings (SSSR count). The number of nitrogens with one attached hydrogen (secondary N) is 1. The maximum Gasteiger partial charge on any atom is 0.314 e. The quantitative estimate of drug-likeness (QED) is 0.781. The molecule has 0 aliphatic carbocycles. The highest BCUT2D eigenvalue weighted by atomic mass is 16.5. The van der Waals surface area contributed by atoms with Crippen molar-refractivity contribution >= 4 is 11.9 Å². The molecule has 0 heterocycles. The van der Waals surface area contributed by atoms with Gasteiger partial charge in [0.05, 0.1) is 6.54 Å². The number of nitrogens with zero attached hydrogens (tertiary/aromatic N) is 1. The second-order valence-electron chi connectivity index (χ2n) is 6.17. The van der Waals surface area contributed by atoms with E-state index in [0.29, 0.717) is 13.2 Å². The van der Waals surface area contributed by atoms with Gasteiger partial charge in [-0.05, 0) is 23.1 Å². The van der Waals surface area contributed by atoms with Gasteiger partial charge in [0.15, 0.2) is 0 Å². The molecule has 0 aliphatic rings. The molecule has 122 valence electrons. The minimum Gasteiger partial charge on any atom is -0.492 e. The lowest BCUT2D eigenvalue weighted by Crippen LogP contribution is -2.41. The molecule has 1 aromatic carbocycles. The molecule has 6 heteroatoms. The molecule has 0 unspecified atom stereocenters. The van der Waals surface area contributed by atoms with Crippen LogP contribution in [0, 0.1) is 0 Å². The monoisotopic (exact) mass is 307 g/mol. The number of carbonyl (C=O) groups excluding carboxylic acids is 2. The normalized spacial score (nSPS) is 10.9. The molecule has 0 aromatic heterocycles. The van der Waals surface area contributed by atoms with Gasteiger partial charge in [0, 0.05) is 7.05 Å². The van der Waals surface area contributed by atoms with Crippen molar-refractivity contribution in [3.63, 3.8) is 0 Å². The van der Waals surface area contributed by atoms with Crippen molar-refractivity contribution in [3.05, 3.63) is 29.8 Å². The Morgan fingerprint density at radius 1 is 1.23 bits per heavy atom. The molecule has 1 aromatic rings. The number of nitrogens with two attached hydrogens (primary N) is 1. The second kappa shape index (κ2) is 7.68. The van der Waals surface area contributed by atoms with E-state index < -0.39 is 6.03 Å². The van der Waals surface area contributed by atoms with E-state index in [0.717, 1.165) is 10.6 Å². The van der Waals surface area contributed by atoms with Gasteiger partial charge < -0.3 is 20.7 Å². The van der Waals surface area contributed by atoms with Crippen molar-refractivity contribution in [2.24, 2.45) is 5.73 Å². The summed E-state index contributed by atoms with van der Waals surface area (Å²) in [5, 5.41) is 2.66. The van der Waals surface area contributed by atoms with Crippen molar-refractivity contribution in [2.75, 3.05) is 26.7 Å². The average Bonchev–Trinajstić information content (AvgIpc) is 2.43. The Balaban J connectivity index is 2.30. The lowest BCUT2D eigenvalue weighted by molar-refractivity contribution is -0.121. The average molecular weight is 307 g/mol. The Kier molecular flexibility index (Phi) is 6.22. The molecule has 0 spiro atoms. The number of primary amides is 1. The summed E-state index contributed by atoms with van der Waals surface area (Å²) in [6.45, 7) is 7.13. The van der Waals surface area contributed by atoms with Crippen LogP contribution in [0.2, 0.25) is 0 Å². The summed E-state index contributed by atoms with van der Waals surface area (Å²) in [7, 11) is 1.47. The molecule has 0 radical (unpaired) electrons. The largest absolute Gasteiger partial charge is 0.492 e. The number of rotatable bonds is 6. The van der Waals surface area contributed by atoms with Crippen molar-refractivity contribution in [3.8, 4) is 5.75 Å².